The summed E-state index contributed by atoms with van der Waals surface area (Å²) in [5, 5.41) is 2.59. The van der Waals surface area contributed by atoms with Gasteiger partial charge in [-0.15, -0.1) is 0 Å². The van der Waals surface area contributed by atoms with Gasteiger partial charge in [0.2, 0.25) is 6.79 Å². The van der Waals surface area contributed by atoms with Gasteiger partial charge in [-0.2, -0.15) is 0 Å². The van der Waals surface area contributed by atoms with Gasteiger partial charge < -0.3 is 14.8 Å². The summed E-state index contributed by atoms with van der Waals surface area (Å²) >= 11 is 0. The molecule has 3 rings (SSSR count). The van der Waals surface area contributed by atoms with Crippen LogP contribution in [0.25, 0.3) is 0 Å². The first-order valence-electron chi connectivity index (χ1n) is 6.24. The molecular weight excluding hydrogens is 280 g/mol. The van der Waals surface area contributed by atoms with E-state index < -0.39 is 11.6 Å². The Kier molecular flexibility index (Phi) is 3.43. The van der Waals surface area contributed by atoms with Gasteiger partial charge in [0.25, 0.3) is 5.91 Å². The fraction of sp³-hybridized carbons (Fsp3) is 0.133. The van der Waals surface area contributed by atoms with E-state index in [-0.39, 0.29) is 19.2 Å². The Balaban J connectivity index is 1.69. The molecule has 1 amide bonds. The summed E-state index contributed by atoms with van der Waals surface area (Å²) < 4.78 is 36.4. The van der Waals surface area contributed by atoms with Crippen LogP contribution >= 0.6 is 0 Å². The molecule has 0 unspecified atom stereocenters. The smallest absolute Gasteiger partial charge is 0.251 e. The highest BCUT2D eigenvalue weighted by Crippen LogP contribution is 2.32. The SMILES string of the molecule is O=C(NCc1cc(F)cc(F)c1)c1ccc2c(c1)OCO2. The largest absolute Gasteiger partial charge is 0.454 e. The highest BCUT2D eigenvalue weighted by atomic mass is 19.1. The Morgan fingerprint density at radius 2 is 1.76 bits per heavy atom. The Labute approximate surface area is 119 Å². The maximum atomic E-state index is 13.0. The molecule has 0 saturated carbocycles. The van der Waals surface area contributed by atoms with Crippen molar-refractivity contribution in [2.24, 2.45) is 0 Å². The van der Waals surface area contributed by atoms with Crippen LogP contribution in [0.2, 0.25) is 0 Å². The molecule has 0 aliphatic carbocycles. The predicted octanol–water partition coefficient (Wildman–Crippen LogP) is 2.62. The van der Waals surface area contributed by atoms with Crippen molar-refractivity contribution >= 4 is 5.91 Å². The van der Waals surface area contributed by atoms with Crippen molar-refractivity contribution in [3.05, 3.63) is 59.2 Å². The maximum absolute atomic E-state index is 13.0. The average molecular weight is 291 g/mol. The molecular formula is C15H11F2NO3. The molecule has 4 nitrogen and oxygen atoms in total. The third-order valence-electron chi connectivity index (χ3n) is 3.01. The van der Waals surface area contributed by atoms with E-state index in [9.17, 15) is 13.6 Å². The topological polar surface area (TPSA) is 47.6 Å². The minimum Gasteiger partial charge on any atom is -0.454 e. The number of amides is 1. The van der Waals surface area contributed by atoms with E-state index >= 15 is 0 Å². The number of halogens is 2. The molecule has 1 N–H and O–H groups in total. The second kappa shape index (κ2) is 5.40. The molecule has 0 atom stereocenters. The number of carbonyl (C=O) groups excluding carboxylic acids is 1. The average Bonchev–Trinajstić information content (AvgIpc) is 2.91. The molecule has 21 heavy (non-hydrogen) atoms. The molecule has 1 aliphatic heterocycles. The molecule has 0 fully saturated rings. The molecule has 108 valence electrons. The van der Waals surface area contributed by atoms with Gasteiger partial charge in [-0.05, 0) is 35.9 Å². The second-order valence-corrected chi connectivity index (χ2v) is 4.53. The van der Waals surface area contributed by atoms with Crippen molar-refractivity contribution < 1.29 is 23.0 Å². The summed E-state index contributed by atoms with van der Waals surface area (Å²) in [6.45, 7) is 0.158. The van der Waals surface area contributed by atoms with E-state index in [1.54, 1.807) is 18.2 Å². The normalized spacial score (nSPS) is 12.3. The van der Waals surface area contributed by atoms with E-state index in [1.807, 2.05) is 0 Å². The monoisotopic (exact) mass is 291 g/mol. The quantitative estimate of drug-likeness (QED) is 0.945. The number of carbonyl (C=O) groups is 1. The lowest BCUT2D eigenvalue weighted by atomic mass is 10.1. The molecule has 0 radical (unpaired) electrons. The van der Waals surface area contributed by atoms with E-state index in [0.29, 0.717) is 22.6 Å². The van der Waals surface area contributed by atoms with Crippen molar-refractivity contribution in [2.75, 3.05) is 6.79 Å². The van der Waals surface area contributed by atoms with E-state index in [0.717, 1.165) is 6.07 Å². The number of ether oxygens (including phenoxy) is 2. The fourth-order valence-electron chi connectivity index (χ4n) is 2.04. The van der Waals surface area contributed by atoms with E-state index in [2.05, 4.69) is 5.32 Å². The Morgan fingerprint density at radius 1 is 1.05 bits per heavy atom. The van der Waals surface area contributed by atoms with Gasteiger partial charge in [-0.25, -0.2) is 8.78 Å². The van der Waals surface area contributed by atoms with Crippen LogP contribution in [0.1, 0.15) is 15.9 Å². The molecule has 2 aromatic carbocycles. The van der Waals surface area contributed by atoms with E-state index in [4.69, 9.17) is 9.47 Å². The third-order valence-corrected chi connectivity index (χ3v) is 3.01. The minimum absolute atomic E-state index is 0.0297. The van der Waals surface area contributed by atoms with Crippen LogP contribution in [0.4, 0.5) is 8.78 Å². The van der Waals surface area contributed by atoms with Crippen molar-refractivity contribution in [3.63, 3.8) is 0 Å². The first-order valence-corrected chi connectivity index (χ1v) is 6.24. The van der Waals surface area contributed by atoms with Crippen LogP contribution in [-0.4, -0.2) is 12.7 Å². The molecule has 0 saturated heterocycles. The first kappa shape index (κ1) is 13.4. The maximum Gasteiger partial charge on any atom is 0.251 e. The lowest BCUT2D eigenvalue weighted by molar-refractivity contribution is 0.0950. The molecule has 6 heteroatoms. The van der Waals surface area contributed by atoms with Gasteiger partial charge in [0, 0.05) is 18.2 Å². The molecule has 0 bridgehead atoms. The van der Waals surface area contributed by atoms with Gasteiger partial charge in [0.1, 0.15) is 11.6 Å². The van der Waals surface area contributed by atoms with Crippen LogP contribution in [0.3, 0.4) is 0 Å². The third kappa shape index (κ3) is 2.94. The molecule has 2 aromatic rings. The highest BCUT2D eigenvalue weighted by Gasteiger charge is 2.16. The van der Waals surface area contributed by atoms with Crippen LogP contribution < -0.4 is 14.8 Å². The van der Waals surface area contributed by atoms with Crippen LogP contribution in [-0.2, 0) is 6.54 Å². The number of hydrogen-bond acceptors (Lipinski definition) is 3. The van der Waals surface area contributed by atoms with Crippen molar-refractivity contribution in [2.45, 2.75) is 6.54 Å². The summed E-state index contributed by atoms with van der Waals surface area (Å²) in [5.41, 5.74) is 0.734. The standard InChI is InChI=1S/C15H11F2NO3/c16-11-3-9(4-12(17)6-11)7-18-15(19)10-1-2-13-14(5-10)21-8-20-13/h1-6H,7-8H2,(H,18,19). The minimum atomic E-state index is -0.678. The zero-order chi connectivity index (χ0) is 14.8. The lowest BCUT2D eigenvalue weighted by Gasteiger charge is -2.06. The molecule has 1 heterocycles. The summed E-state index contributed by atoms with van der Waals surface area (Å²) in [6.07, 6.45) is 0. The second-order valence-electron chi connectivity index (χ2n) is 4.53. The Bertz CT molecular complexity index is 683. The van der Waals surface area contributed by atoms with Gasteiger partial charge >= 0.3 is 0 Å². The molecule has 0 spiro atoms. The van der Waals surface area contributed by atoms with E-state index in [1.165, 1.54) is 12.1 Å². The number of nitrogens with one attached hydrogen (secondary N) is 1. The van der Waals surface area contributed by atoms with Crippen molar-refractivity contribution in [3.8, 4) is 11.5 Å². The molecule has 1 aliphatic rings. The van der Waals surface area contributed by atoms with Crippen LogP contribution in [0.5, 0.6) is 11.5 Å². The van der Waals surface area contributed by atoms with Gasteiger partial charge in [0.05, 0.1) is 0 Å². The van der Waals surface area contributed by atoms with Crippen molar-refractivity contribution in [1.82, 2.24) is 5.32 Å². The number of fused-ring (bicyclic) bond motifs is 1. The zero-order valence-electron chi connectivity index (χ0n) is 10.9. The summed E-state index contributed by atoms with van der Waals surface area (Å²) in [6, 6.07) is 7.91. The lowest BCUT2D eigenvalue weighted by Crippen LogP contribution is -2.22. The Morgan fingerprint density at radius 3 is 2.52 bits per heavy atom. The van der Waals surface area contributed by atoms with Crippen LogP contribution in [0, 0.1) is 11.6 Å². The van der Waals surface area contributed by atoms with Crippen LogP contribution in [0.15, 0.2) is 36.4 Å². The summed E-state index contributed by atoms with van der Waals surface area (Å²) in [7, 11) is 0. The van der Waals surface area contributed by atoms with Gasteiger partial charge in [-0.3, -0.25) is 4.79 Å². The van der Waals surface area contributed by atoms with Gasteiger partial charge in [0.15, 0.2) is 11.5 Å². The first-order chi connectivity index (χ1) is 10.1. The number of rotatable bonds is 3. The highest BCUT2D eigenvalue weighted by molar-refractivity contribution is 5.94. The summed E-state index contributed by atoms with van der Waals surface area (Å²) in [5.74, 6) is -0.638. The zero-order valence-corrected chi connectivity index (χ0v) is 10.9. The van der Waals surface area contributed by atoms with Gasteiger partial charge in [-0.1, -0.05) is 0 Å². The Hall–Kier alpha value is -2.63. The number of hydrogen-bond donors (Lipinski definition) is 1. The molecule has 0 aromatic heterocycles. The van der Waals surface area contributed by atoms with Crippen molar-refractivity contribution in [1.29, 1.82) is 0 Å². The fourth-order valence-corrected chi connectivity index (χ4v) is 2.04. The predicted molar refractivity (Wildman–Crippen MR) is 70.1 cm³/mol. The number of benzene rings is 2. The summed E-state index contributed by atoms with van der Waals surface area (Å²) in [4.78, 5) is 12.0.